The zero-order chi connectivity index (χ0) is 18.2. The second-order valence-corrected chi connectivity index (χ2v) is 6.84. The number of rotatable bonds is 4. The molecule has 0 radical (unpaired) electrons. The number of alkyl halides is 3. The first kappa shape index (κ1) is 17.1. The van der Waals surface area contributed by atoms with Gasteiger partial charge in [-0.1, -0.05) is 6.07 Å². The quantitative estimate of drug-likeness (QED) is 0.730. The smallest absolute Gasteiger partial charge is 0.416 e. The predicted molar refractivity (Wildman–Crippen MR) is 83.3 cm³/mol. The van der Waals surface area contributed by atoms with E-state index < -0.39 is 21.8 Å². The number of halogens is 3. The Morgan fingerprint density at radius 3 is 2.60 bits per heavy atom. The van der Waals surface area contributed by atoms with Gasteiger partial charge in [0, 0.05) is 18.0 Å². The van der Waals surface area contributed by atoms with Crippen molar-refractivity contribution in [2.75, 3.05) is 4.72 Å². The summed E-state index contributed by atoms with van der Waals surface area (Å²) in [5, 5.41) is 6.38. The first-order valence-corrected chi connectivity index (χ1v) is 8.45. The monoisotopic (exact) mass is 371 g/mol. The number of benzene rings is 1. The number of nitrogens with one attached hydrogen (secondary N) is 2. The van der Waals surface area contributed by atoms with Crippen LogP contribution in [0.2, 0.25) is 0 Å². The minimum Gasteiger partial charge on any atom is -0.458 e. The van der Waals surface area contributed by atoms with E-state index in [0.29, 0.717) is 5.69 Å². The normalized spacial score (nSPS) is 12.3. The number of aromatic amines is 1. The van der Waals surface area contributed by atoms with Gasteiger partial charge in [-0.15, -0.1) is 0 Å². The van der Waals surface area contributed by atoms with Crippen LogP contribution in [0.4, 0.5) is 18.9 Å². The second kappa shape index (κ2) is 5.96. The molecule has 0 saturated carbocycles. The molecule has 10 heteroatoms. The van der Waals surface area contributed by atoms with E-state index in [9.17, 15) is 21.6 Å². The van der Waals surface area contributed by atoms with Crippen molar-refractivity contribution >= 4 is 15.7 Å². The number of hydrogen-bond acceptors (Lipinski definition) is 4. The fourth-order valence-corrected chi connectivity index (χ4v) is 3.46. The highest BCUT2D eigenvalue weighted by molar-refractivity contribution is 7.92. The number of nitrogens with zero attached hydrogens (tertiary/aromatic N) is 1. The molecule has 0 aliphatic carbocycles. The van der Waals surface area contributed by atoms with E-state index in [1.54, 1.807) is 6.07 Å². The number of furan rings is 1. The number of H-pyrrole nitrogens is 1. The summed E-state index contributed by atoms with van der Waals surface area (Å²) in [5.74, 6) is 0.350. The average Bonchev–Trinajstić information content (AvgIpc) is 3.15. The highest BCUT2D eigenvalue weighted by Gasteiger charge is 2.31. The van der Waals surface area contributed by atoms with Crippen molar-refractivity contribution in [3.63, 3.8) is 0 Å². The summed E-state index contributed by atoms with van der Waals surface area (Å²) < 4.78 is 70.7. The first-order chi connectivity index (χ1) is 11.7. The number of aromatic nitrogens is 2. The van der Waals surface area contributed by atoms with Crippen LogP contribution in [0.3, 0.4) is 0 Å². The van der Waals surface area contributed by atoms with Gasteiger partial charge in [-0.2, -0.15) is 18.3 Å². The van der Waals surface area contributed by atoms with Gasteiger partial charge in [-0.25, -0.2) is 8.42 Å². The first-order valence-electron chi connectivity index (χ1n) is 6.97. The molecule has 25 heavy (non-hydrogen) atoms. The minimum absolute atomic E-state index is 0.101. The lowest BCUT2D eigenvalue weighted by Crippen LogP contribution is -2.14. The maximum Gasteiger partial charge on any atom is 0.416 e. The summed E-state index contributed by atoms with van der Waals surface area (Å²) in [6.07, 6.45) is -3.09. The van der Waals surface area contributed by atoms with Crippen molar-refractivity contribution in [1.82, 2.24) is 10.2 Å². The van der Waals surface area contributed by atoms with Crippen molar-refractivity contribution in [2.24, 2.45) is 0 Å². The molecule has 0 amide bonds. The topological polar surface area (TPSA) is 88.0 Å². The Hall–Kier alpha value is -2.75. The Labute approximate surface area is 140 Å². The summed E-state index contributed by atoms with van der Waals surface area (Å²) in [5.41, 5.74) is -0.670. The molecule has 0 unspecified atom stereocenters. The van der Waals surface area contributed by atoms with Gasteiger partial charge in [-0.05, 0) is 31.2 Å². The molecule has 132 valence electrons. The lowest BCUT2D eigenvalue weighted by atomic mass is 10.2. The van der Waals surface area contributed by atoms with Crippen LogP contribution < -0.4 is 4.72 Å². The number of sulfonamides is 1. The molecule has 2 aromatic heterocycles. The Morgan fingerprint density at radius 1 is 1.20 bits per heavy atom. The molecule has 3 rings (SSSR count). The van der Waals surface area contributed by atoms with Crippen molar-refractivity contribution in [1.29, 1.82) is 0 Å². The molecule has 0 spiro atoms. The standard InChI is InChI=1S/C15H12F3N3O3S/c1-9-14(8-13(24-9)12-5-6-19-20-12)25(22,23)21-11-4-2-3-10(7-11)15(16,17)18/h2-8,21H,1H3,(H,19,20). The molecule has 6 nitrogen and oxygen atoms in total. The number of aryl methyl sites for hydroxylation is 1. The summed E-state index contributed by atoms with van der Waals surface area (Å²) in [7, 11) is -4.12. The lowest BCUT2D eigenvalue weighted by molar-refractivity contribution is -0.137. The van der Waals surface area contributed by atoms with Gasteiger partial charge in [0.25, 0.3) is 10.0 Å². The molecule has 0 aliphatic heterocycles. The molecule has 0 bridgehead atoms. The molecule has 2 N–H and O–H groups in total. The second-order valence-electron chi connectivity index (χ2n) is 5.19. The van der Waals surface area contributed by atoms with E-state index in [0.717, 1.165) is 18.2 Å². The average molecular weight is 371 g/mol. The van der Waals surface area contributed by atoms with Gasteiger partial charge in [0.1, 0.15) is 16.3 Å². The summed E-state index contributed by atoms with van der Waals surface area (Å²) >= 11 is 0. The zero-order valence-corrected chi connectivity index (χ0v) is 13.6. The Morgan fingerprint density at radius 2 is 1.96 bits per heavy atom. The molecule has 0 saturated heterocycles. The van der Waals surface area contributed by atoms with Crippen LogP contribution in [0.15, 0.2) is 51.9 Å². The van der Waals surface area contributed by atoms with Crippen molar-refractivity contribution in [3.05, 3.63) is 53.9 Å². The van der Waals surface area contributed by atoms with Crippen LogP contribution >= 0.6 is 0 Å². The molecule has 2 heterocycles. The fraction of sp³-hybridized carbons (Fsp3) is 0.133. The van der Waals surface area contributed by atoms with Crippen LogP contribution in [0.25, 0.3) is 11.5 Å². The summed E-state index contributed by atoms with van der Waals surface area (Å²) in [6.45, 7) is 1.45. The van der Waals surface area contributed by atoms with E-state index in [-0.39, 0.29) is 22.1 Å². The third kappa shape index (κ3) is 3.53. The largest absolute Gasteiger partial charge is 0.458 e. The minimum atomic E-state index is -4.57. The number of anilines is 1. The SMILES string of the molecule is Cc1oc(-c2ccn[nH]2)cc1S(=O)(=O)Nc1cccc(C(F)(F)F)c1. The van der Waals surface area contributed by atoms with E-state index in [4.69, 9.17) is 4.42 Å². The third-order valence-electron chi connectivity index (χ3n) is 3.37. The predicted octanol–water partition coefficient (Wildman–Crippen LogP) is 3.80. The van der Waals surface area contributed by atoms with E-state index in [2.05, 4.69) is 14.9 Å². The van der Waals surface area contributed by atoms with Gasteiger partial charge in [0.05, 0.1) is 5.56 Å². The Bertz CT molecular complexity index is 993. The van der Waals surface area contributed by atoms with Crippen LogP contribution in [0, 0.1) is 6.92 Å². The third-order valence-corrected chi connectivity index (χ3v) is 4.86. The highest BCUT2D eigenvalue weighted by Crippen LogP contribution is 2.32. The highest BCUT2D eigenvalue weighted by atomic mass is 32.2. The van der Waals surface area contributed by atoms with Gasteiger partial charge < -0.3 is 4.42 Å². The maximum absolute atomic E-state index is 12.7. The van der Waals surface area contributed by atoms with Crippen LogP contribution in [-0.2, 0) is 16.2 Å². The summed E-state index contributed by atoms with van der Waals surface area (Å²) in [4.78, 5) is -0.172. The maximum atomic E-state index is 12.7. The molecule has 3 aromatic rings. The molecular weight excluding hydrogens is 359 g/mol. The molecule has 0 fully saturated rings. The van der Waals surface area contributed by atoms with Gasteiger partial charge in [0.15, 0.2) is 5.76 Å². The molecule has 0 atom stereocenters. The molecule has 0 aliphatic rings. The zero-order valence-electron chi connectivity index (χ0n) is 12.8. The Balaban J connectivity index is 1.93. The number of hydrogen-bond donors (Lipinski definition) is 2. The van der Waals surface area contributed by atoms with Gasteiger partial charge in [0.2, 0.25) is 0 Å². The van der Waals surface area contributed by atoms with Crippen LogP contribution in [0.1, 0.15) is 11.3 Å². The van der Waals surface area contributed by atoms with E-state index in [1.807, 2.05) is 0 Å². The Kier molecular flexibility index (Phi) is 4.07. The van der Waals surface area contributed by atoms with E-state index >= 15 is 0 Å². The molecular formula is C15H12F3N3O3S. The molecule has 1 aromatic carbocycles. The van der Waals surface area contributed by atoms with Gasteiger partial charge >= 0.3 is 6.18 Å². The fourth-order valence-electron chi connectivity index (χ4n) is 2.23. The summed E-state index contributed by atoms with van der Waals surface area (Å²) in [6, 6.07) is 6.81. The van der Waals surface area contributed by atoms with Crippen molar-refractivity contribution < 1.29 is 26.0 Å². The van der Waals surface area contributed by atoms with Crippen molar-refractivity contribution in [2.45, 2.75) is 18.0 Å². The van der Waals surface area contributed by atoms with Crippen molar-refractivity contribution in [3.8, 4) is 11.5 Å². The van der Waals surface area contributed by atoms with Crippen LogP contribution in [-0.4, -0.2) is 18.6 Å². The van der Waals surface area contributed by atoms with Crippen LogP contribution in [0.5, 0.6) is 0 Å². The lowest BCUT2D eigenvalue weighted by Gasteiger charge is -2.10. The van der Waals surface area contributed by atoms with Gasteiger partial charge in [-0.3, -0.25) is 9.82 Å². The van der Waals surface area contributed by atoms with E-state index in [1.165, 1.54) is 25.3 Å².